The Bertz CT molecular complexity index is 1010. The van der Waals surface area contributed by atoms with Crippen LogP contribution in [0, 0.1) is 10.1 Å². The Morgan fingerprint density at radius 2 is 1.86 bits per heavy atom. The molecule has 0 spiro atoms. The van der Waals surface area contributed by atoms with Crippen LogP contribution in [0.5, 0.6) is 11.5 Å². The van der Waals surface area contributed by atoms with Crippen molar-refractivity contribution in [2.45, 2.75) is 19.0 Å². The minimum absolute atomic E-state index is 0.0322. The fourth-order valence-corrected chi connectivity index (χ4v) is 3.65. The smallest absolute Gasteiger partial charge is 0.325 e. The summed E-state index contributed by atoms with van der Waals surface area (Å²) in [5.74, 6) is 0.683. The van der Waals surface area contributed by atoms with E-state index in [0.29, 0.717) is 27.1 Å². The van der Waals surface area contributed by atoms with Crippen LogP contribution >= 0.6 is 15.9 Å². The molecule has 0 radical (unpaired) electrons. The third-order valence-corrected chi connectivity index (χ3v) is 5.54. The van der Waals surface area contributed by atoms with E-state index in [1.807, 2.05) is 0 Å². The number of benzene rings is 2. The summed E-state index contributed by atoms with van der Waals surface area (Å²) < 4.78 is 11.3. The number of nitrogens with zero attached hydrogens (tertiary/aromatic N) is 2. The Hall–Kier alpha value is -3.14. The second-order valence-electron chi connectivity index (χ2n) is 6.55. The van der Waals surface area contributed by atoms with E-state index < -0.39 is 22.4 Å². The molecule has 1 atom stereocenters. The number of non-ortho nitro benzene ring substituents is 1. The van der Waals surface area contributed by atoms with E-state index in [1.54, 1.807) is 19.1 Å². The van der Waals surface area contributed by atoms with Gasteiger partial charge in [0.25, 0.3) is 11.6 Å². The highest BCUT2D eigenvalue weighted by Crippen LogP contribution is 2.38. The fraction of sp³-hybridized carbons (Fsp3) is 0.222. The Balaban J connectivity index is 1.61. The van der Waals surface area contributed by atoms with Gasteiger partial charge < -0.3 is 14.8 Å². The van der Waals surface area contributed by atoms with Crippen LogP contribution in [0.1, 0.15) is 18.1 Å². The largest absolute Gasteiger partial charge is 0.454 e. The summed E-state index contributed by atoms with van der Waals surface area (Å²) in [5.41, 5.74) is -0.260. The average molecular weight is 448 g/mol. The van der Waals surface area contributed by atoms with Crippen molar-refractivity contribution in [3.63, 3.8) is 0 Å². The molecule has 0 aliphatic carbocycles. The molecule has 3 amide bonds. The maximum absolute atomic E-state index is 13.0. The number of carbonyl (C=O) groups excluding carboxylic acids is 2. The highest BCUT2D eigenvalue weighted by Gasteiger charge is 2.49. The van der Waals surface area contributed by atoms with E-state index in [1.165, 1.54) is 24.3 Å². The standard InChI is InChI=1S/C18H14BrN3O6/c1-18(11-2-4-12(5-3-11)22(25)26)16(23)21(17(24)20-18)8-10-6-14-15(7-13(10)19)28-9-27-14/h2-7H,8-9H2,1H3,(H,20,24). The number of nitrogens with one attached hydrogen (secondary N) is 1. The van der Waals surface area contributed by atoms with Crippen LogP contribution in [-0.4, -0.2) is 28.6 Å². The molecule has 0 bridgehead atoms. The molecule has 2 aliphatic heterocycles. The maximum Gasteiger partial charge on any atom is 0.325 e. The van der Waals surface area contributed by atoms with E-state index in [0.717, 1.165) is 4.90 Å². The van der Waals surface area contributed by atoms with E-state index in [2.05, 4.69) is 21.2 Å². The Morgan fingerprint density at radius 1 is 1.21 bits per heavy atom. The monoisotopic (exact) mass is 447 g/mol. The van der Waals surface area contributed by atoms with Crippen LogP contribution in [0.15, 0.2) is 40.9 Å². The van der Waals surface area contributed by atoms with Gasteiger partial charge in [-0.25, -0.2) is 4.79 Å². The second-order valence-corrected chi connectivity index (χ2v) is 7.40. The van der Waals surface area contributed by atoms with Gasteiger partial charge in [0.2, 0.25) is 6.79 Å². The van der Waals surface area contributed by atoms with Gasteiger partial charge in [0.1, 0.15) is 5.54 Å². The molecule has 1 saturated heterocycles. The average Bonchev–Trinajstić information content (AvgIpc) is 3.20. The molecular weight excluding hydrogens is 434 g/mol. The van der Waals surface area contributed by atoms with Gasteiger partial charge in [-0.05, 0) is 42.3 Å². The molecule has 9 nitrogen and oxygen atoms in total. The molecular formula is C18H14BrN3O6. The number of amides is 3. The van der Waals surface area contributed by atoms with Crippen molar-refractivity contribution in [2.75, 3.05) is 6.79 Å². The predicted molar refractivity (Wildman–Crippen MR) is 99.8 cm³/mol. The van der Waals surface area contributed by atoms with Gasteiger partial charge in [0, 0.05) is 16.6 Å². The third-order valence-electron chi connectivity index (χ3n) is 4.80. The summed E-state index contributed by atoms with van der Waals surface area (Å²) >= 11 is 3.42. The first-order valence-electron chi connectivity index (χ1n) is 8.26. The van der Waals surface area contributed by atoms with Gasteiger partial charge in [-0.2, -0.15) is 0 Å². The van der Waals surface area contributed by atoms with Gasteiger partial charge in [-0.1, -0.05) is 15.9 Å². The second kappa shape index (κ2) is 6.48. The lowest BCUT2D eigenvalue weighted by Crippen LogP contribution is -2.40. The SMILES string of the molecule is CC1(c2ccc([N+](=O)[O-])cc2)NC(=O)N(Cc2cc3c(cc2Br)OCO3)C1=O. The first kappa shape index (κ1) is 18.2. The summed E-state index contributed by atoms with van der Waals surface area (Å²) in [6.07, 6.45) is 0. The van der Waals surface area contributed by atoms with Crippen LogP contribution in [0.2, 0.25) is 0 Å². The number of urea groups is 1. The van der Waals surface area contributed by atoms with E-state index in [9.17, 15) is 19.7 Å². The molecule has 1 unspecified atom stereocenters. The molecule has 10 heteroatoms. The molecule has 0 saturated carbocycles. The molecule has 1 N–H and O–H groups in total. The van der Waals surface area contributed by atoms with Crippen LogP contribution < -0.4 is 14.8 Å². The zero-order valence-electron chi connectivity index (χ0n) is 14.6. The Kier molecular flexibility index (Phi) is 4.22. The lowest BCUT2D eigenvalue weighted by atomic mass is 9.92. The minimum atomic E-state index is -1.31. The molecule has 2 aromatic carbocycles. The number of imide groups is 1. The van der Waals surface area contributed by atoms with Crippen molar-refractivity contribution in [1.29, 1.82) is 0 Å². The molecule has 4 rings (SSSR count). The number of nitro benzene ring substituents is 1. The lowest BCUT2D eigenvalue weighted by molar-refractivity contribution is -0.384. The zero-order valence-corrected chi connectivity index (χ0v) is 16.2. The van der Waals surface area contributed by atoms with Crippen molar-refractivity contribution in [3.8, 4) is 11.5 Å². The van der Waals surface area contributed by atoms with Gasteiger partial charge in [0.05, 0.1) is 11.5 Å². The Labute approximate surface area is 167 Å². The van der Waals surface area contributed by atoms with Gasteiger partial charge >= 0.3 is 6.03 Å². The zero-order chi connectivity index (χ0) is 20.1. The van der Waals surface area contributed by atoms with Crippen molar-refractivity contribution in [1.82, 2.24) is 10.2 Å². The summed E-state index contributed by atoms with van der Waals surface area (Å²) in [6, 6.07) is 8.44. The normalized spacial score (nSPS) is 20.4. The molecule has 2 aromatic rings. The van der Waals surface area contributed by atoms with Crippen molar-refractivity contribution < 1.29 is 24.0 Å². The van der Waals surface area contributed by atoms with Crippen molar-refractivity contribution >= 4 is 33.6 Å². The summed E-state index contributed by atoms with van der Waals surface area (Å²) in [7, 11) is 0. The summed E-state index contributed by atoms with van der Waals surface area (Å²) in [4.78, 5) is 37.0. The number of carbonyl (C=O) groups is 2. The van der Waals surface area contributed by atoms with Crippen LogP contribution in [0.25, 0.3) is 0 Å². The van der Waals surface area contributed by atoms with E-state index >= 15 is 0 Å². The topological polar surface area (TPSA) is 111 Å². The first-order valence-corrected chi connectivity index (χ1v) is 9.06. The van der Waals surface area contributed by atoms with Gasteiger partial charge in [-0.15, -0.1) is 0 Å². The molecule has 144 valence electrons. The number of fused-ring (bicyclic) bond motifs is 1. The number of hydrogen-bond acceptors (Lipinski definition) is 6. The fourth-order valence-electron chi connectivity index (χ4n) is 3.20. The van der Waals surface area contributed by atoms with Crippen LogP contribution in [0.4, 0.5) is 10.5 Å². The summed E-state index contributed by atoms with van der Waals surface area (Å²) in [5, 5.41) is 13.5. The number of rotatable bonds is 4. The van der Waals surface area contributed by atoms with E-state index in [4.69, 9.17) is 9.47 Å². The van der Waals surface area contributed by atoms with Crippen LogP contribution in [0.3, 0.4) is 0 Å². The van der Waals surface area contributed by atoms with Crippen molar-refractivity contribution in [2.24, 2.45) is 0 Å². The maximum atomic E-state index is 13.0. The molecule has 0 aromatic heterocycles. The third kappa shape index (κ3) is 2.85. The van der Waals surface area contributed by atoms with E-state index in [-0.39, 0.29) is 19.0 Å². The van der Waals surface area contributed by atoms with Gasteiger partial charge in [0.15, 0.2) is 11.5 Å². The van der Waals surface area contributed by atoms with Crippen molar-refractivity contribution in [3.05, 3.63) is 62.1 Å². The highest BCUT2D eigenvalue weighted by atomic mass is 79.9. The molecule has 1 fully saturated rings. The first-order chi connectivity index (χ1) is 13.3. The van der Waals surface area contributed by atoms with Gasteiger partial charge in [-0.3, -0.25) is 19.8 Å². The number of ether oxygens (including phenoxy) is 2. The minimum Gasteiger partial charge on any atom is -0.454 e. The number of halogens is 1. The molecule has 2 aliphatic rings. The summed E-state index contributed by atoms with van der Waals surface area (Å²) in [6.45, 7) is 1.72. The lowest BCUT2D eigenvalue weighted by Gasteiger charge is -2.22. The quantitative estimate of drug-likeness (QED) is 0.437. The number of nitro groups is 1. The molecule has 2 heterocycles. The highest BCUT2D eigenvalue weighted by molar-refractivity contribution is 9.10. The predicted octanol–water partition coefficient (Wildman–Crippen LogP) is 3.05. The van der Waals surface area contributed by atoms with Crippen LogP contribution in [-0.2, 0) is 16.9 Å². The molecule has 28 heavy (non-hydrogen) atoms. The number of hydrogen-bond donors (Lipinski definition) is 1. The Morgan fingerprint density at radius 3 is 2.50 bits per heavy atom.